The van der Waals surface area contributed by atoms with Gasteiger partial charge in [0.15, 0.2) is 0 Å². The van der Waals surface area contributed by atoms with Crippen LogP contribution in [0, 0.1) is 0 Å². The monoisotopic (exact) mass is 333 g/mol. The second-order valence-corrected chi connectivity index (χ2v) is 5.27. The Balaban J connectivity index is 0.00000200. The third kappa shape index (κ3) is 5.06. The maximum absolute atomic E-state index is 12.3. The lowest BCUT2D eigenvalue weighted by Gasteiger charge is -2.19. The second kappa shape index (κ2) is 9.13. The van der Waals surface area contributed by atoms with Gasteiger partial charge in [0.05, 0.1) is 0 Å². The lowest BCUT2D eigenvalue weighted by atomic mass is 10.1. The molecule has 1 fully saturated rings. The van der Waals surface area contributed by atoms with Crippen LogP contribution in [0.15, 0.2) is 24.3 Å². The predicted octanol–water partition coefficient (Wildman–Crippen LogP) is 2.55. The highest BCUT2D eigenvalue weighted by atomic mass is 35.5. The summed E-state index contributed by atoms with van der Waals surface area (Å²) in [5.74, 6) is 0.0950. The van der Waals surface area contributed by atoms with Crippen molar-refractivity contribution < 1.29 is 4.79 Å². The average Bonchev–Trinajstić information content (AvgIpc) is 2.85. The van der Waals surface area contributed by atoms with Gasteiger partial charge < -0.3 is 15.5 Å². The standard InChI is InChI=1S/C15H23N3O.2ClH/c1-3-9-17(2)14-6-4-12(5-7-14)15(19)18-10-8-13(16)11-18;;/h4-7,13H,3,8-11,16H2,1-2H3;2*1H/t13-;;/m1../s1. The van der Waals surface area contributed by atoms with E-state index >= 15 is 0 Å². The van der Waals surface area contributed by atoms with E-state index < -0.39 is 0 Å². The first-order valence-electron chi connectivity index (χ1n) is 6.98. The van der Waals surface area contributed by atoms with Crippen LogP contribution in [0.4, 0.5) is 5.69 Å². The Labute approximate surface area is 139 Å². The maximum Gasteiger partial charge on any atom is 0.253 e. The first-order valence-corrected chi connectivity index (χ1v) is 6.98. The van der Waals surface area contributed by atoms with Crippen molar-refractivity contribution in [3.05, 3.63) is 29.8 Å². The fraction of sp³-hybridized carbons (Fsp3) is 0.533. The molecule has 0 bridgehead atoms. The fourth-order valence-corrected chi connectivity index (χ4v) is 2.48. The molecular weight excluding hydrogens is 309 g/mol. The summed E-state index contributed by atoms with van der Waals surface area (Å²) in [5, 5.41) is 0. The lowest BCUT2D eigenvalue weighted by molar-refractivity contribution is 0.0791. The van der Waals surface area contributed by atoms with E-state index in [-0.39, 0.29) is 36.8 Å². The Morgan fingerprint density at radius 3 is 2.43 bits per heavy atom. The molecule has 2 rings (SSSR count). The molecule has 1 aromatic carbocycles. The average molecular weight is 334 g/mol. The second-order valence-electron chi connectivity index (χ2n) is 5.27. The van der Waals surface area contributed by atoms with Crippen molar-refractivity contribution in [1.82, 2.24) is 4.90 Å². The number of halogens is 2. The molecule has 1 amide bonds. The molecule has 6 heteroatoms. The van der Waals surface area contributed by atoms with Crippen LogP contribution in [-0.4, -0.2) is 43.5 Å². The van der Waals surface area contributed by atoms with Gasteiger partial charge in [0.1, 0.15) is 0 Å². The summed E-state index contributed by atoms with van der Waals surface area (Å²) in [6.07, 6.45) is 2.02. The third-order valence-corrected chi connectivity index (χ3v) is 3.63. The van der Waals surface area contributed by atoms with E-state index in [9.17, 15) is 4.79 Å². The molecule has 0 spiro atoms. The molecule has 0 saturated carbocycles. The summed E-state index contributed by atoms with van der Waals surface area (Å²) in [4.78, 5) is 16.3. The van der Waals surface area contributed by atoms with Crippen LogP contribution in [0.1, 0.15) is 30.1 Å². The van der Waals surface area contributed by atoms with E-state index in [1.54, 1.807) is 0 Å². The zero-order chi connectivity index (χ0) is 13.8. The van der Waals surface area contributed by atoms with Crippen molar-refractivity contribution in [3.63, 3.8) is 0 Å². The van der Waals surface area contributed by atoms with Gasteiger partial charge in [-0.05, 0) is 37.1 Å². The number of amides is 1. The van der Waals surface area contributed by atoms with Crippen molar-refractivity contribution in [1.29, 1.82) is 0 Å². The van der Waals surface area contributed by atoms with E-state index in [4.69, 9.17) is 5.73 Å². The quantitative estimate of drug-likeness (QED) is 0.921. The van der Waals surface area contributed by atoms with Crippen molar-refractivity contribution in [2.24, 2.45) is 5.73 Å². The summed E-state index contributed by atoms with van der Waals surface area (Å²) < 4.78 is 0. The van der Waals surface area contributed by atoms with Gasteiger partial charge >= 0.3 is 0 Å². The van der Waals surface area contributed by atoms with Crippen LogP contribution in [0.25, 0.3) is 0 Å². The molecule has 0 aliphatic carbocycles. The van der Waals surface area contributed by atoms with Crippen LogP contribution < -0.4 is 10.6 Å². The van der Waals surface area contributed by atoms with Gasteiger partial charge in [0, 0.05) is 44.0 Å². The molecule has 120 valence electrons. The SMILES string of the molecule is CCCN(C)c1ccc(C(=O)N2CC[C@@H](N)C2)cc1.Cl.Cl. The van der Waals surface area contributed by atoms with Crippen LogP contribution in [0.3, 0.4) is 0 Å². The van der Waals surface area contributed by atoms with Crippen LogP contribution in [0.2, 0.25) is 0 Å². The molecule has 0 aromatic heterocycles. The smallest absolute Gasteiger partial charge is 0.253 e. The van der Waals surface area contributed by atoms with Crippen LogP contribution in [0.5, 0.6) is 0 Å². The van der Waals surface area contributed by atoms with Crippen molar-refractivity contribution in [2.75, 3.05) is 31.6 Å². The number of nitrogens with two attached hydrogens (primary N) is 1. The Morgan fingerprint density at radius 2 is 1.95 bits per heavy atom. The highest BCUT2D eigenvalue weighted by Gasteiger charge is 2.24. The van der Waals surface area contributed by atoms with Gasteiger partial charge in [0.2, 0.25) is 0 Å². The van der Waals surface area contributed by atoms with Gasteiger partial charge in [-0.2, -0.15) is 0 Å². The van der Waals surface area contributed by atoms with Gasteiger partial charge in [-0.1, -0.05) is 6.92 Å². The van der Waals surface area contributed by atoms with E-state index in [0.717, 1.165) is 37.2 Å². The molecule has 1 aromatic rings. The number of hydrogen-bond donors (Lipinski definition) is 1. The lowest BCUT2D eigenvalue weighted by Crippen LogP contribution is -2.31. The van der Waals surface area contributed by atoms with Gasteiger partial charge in [-0.15, -0.1) is 24.8 Å². The molecule has 1 aliphatic rings. The molecule has 0 unspecified atom stereocenters. The van der Waals surface area contributed by atoms with Crippen LogP contribution in [-0.2, 0) is 0 Å². The number of carbonyl (C=O) groups excluding carboxylic acids is 1. The minimum absolute atomic E-state index is 0. The molecule has 1 saturated heterocycles. The zero-order valence-corrected chi connectivity index (χ0v) is 14.3. The van der Waals surface area contributed by atoms with Gasteiger partial charge in [0.25, 0.3) is 5.91 Å². The minimum atomic E-state index is 0. The van der Waals surface area contributed by atoms with Gasteiger partial charge in [-0.3, -0.25) is 4.79 Å². The zero-order valence-electron chi connectivity index (χ0n) is 12.6. The molecule has 2 N–H and O–H groups in total. The molecule has 1 heterocycles. The summed E-state index contributed by atoms with van der Waals surface area (Å²) >= 11 is 0. The number of rotatable bonds is 4. The predicted molar refractivity (Wildman–Crippen MR) is 93.0 cm³/mol. The molecule has 0 radical (unpaired) electrons. The van der Waals surface area contributed by atoms with E-state index in [1.807, 2.05) is 29.2 Å². The number of hydrogen-bond acceptors (Lipinski definition) is 3. The van der Waals surface area contributed by atoms with Crippen molar-refractivity contribution in [3.8, 4) is 0 Å². The Morgan fingerprint density at radius 1 is 1.33 bits per heavy atom. The highest BCUT2D eigenvalue weighted by Crippen LogP contribution is 2.17. The number of benzene rings is 1. The third-order valence-electron chi connectivity index (χ3n) is 3.63. The van der Waals surface area contributed by atoms with E-state index in [1.165, 1.54) is 0 Å². The highest BCUT2D eigenvalue weighted by molar-refractivity contribution is 5.94. The normalized spacial score (nSPS) is 16.9. The fourth-order valence-electron chi connectivity index (χ4n) is 2.48. The van der Waals surface area contributed by atoms with Gasteiger partial charge in [-0.25, -0.2) is 0 Å². The summed E-state index contributed by atoms with van der Waals surface area (Å²) in [6.45, 7) is 4.63. The van der Waals surface area contributed by atoms with Crippen molar-refractivity contribution in [2.45, 2.75) is 25.8 Å². The first kappa shape index (κ1) is 20.0. The van der Waals surface area contributed by atoms with E-state index in [0.29, 0.717) is 6.54 Å². The van der Waals surface area contributed by atoms with E-state index in [2.05, 4.69) is 18.9 Å². The largest absolute Gasteiger partial charge is 0.375 e. The number of carbonyl (C=O) groups is 1. The van der Waals surface area contributed by atoms with Crippen molar-refractivity contribution >= 4 is 36.4 Å². The first-order chi connectivity index (χ1) is 9.11. The molecule has 21 heavy (non-hydrogen) atoms. The molecule has 4 nitrogen and oxygen atoms in total. The Hall–Kier alpha value is -0.970. The maximum atomic E-state index is 12.3. The summed E-state index contributed by atoms with van der Waals surface area (Å²) in [7, 11) is 2.07. The molecule has 1 aliphatic heterocycles. The molecule has 1 atom stereocenters. The summed E-state index contributed by atoms with van der Waals surface area (Å²) in [5.41, 5.74) is 7.74. The Bertz CT molecular complexity index is 439. The number of anilines is 1. The Kier molecular flexibility index (Phi) is 8.71. The molecular formula is C15H25Cl2N3O. The number of likely N-dealkylation sites (tertiary alicyclic amines) is 1. The number of nitrogens with zero attached hydrogens (tertiary/aromatic N) is 2. The van der Waals surface area contributed by atoms with Crippen LogP contribution >= 0.6 is 24.8 Å². The topological polar surface area (TPSA) is 49.6 Å². The minimum Gasteiger partial charge on any atom is -0.375 e. The summed E-state index contributed by atoms with van der Waals surface area (Å²) in [6, 6.07) is 7.98.